The number of amides is 1. The van der Waals surface area contributed by atoms with E-state index in [0.29, 0.717) is 42.2 Å². The molecule has 0 bridgehead atoms. The molecule has 0 spiro atoms. The van der Waals surface area contributed by atoms with E-state index in [4.69, 9.17) is 14.2 Å². The van der Waals surface area contributed by atoms with Crippen LogP contribution in [0, 0.1) is 0 Å². The van der Waals surface area contributed by atoms with E-state index in [-0.39, 0.29) is 17.4 Å². The lowest BCUT2D eigenvalue weighted by Crippen LogP contribution is -2.31. The van der Waals surface area contributed by atoms with E-state index >= 15 is 0 Å². The maximum Gasteiger partial charge on any atom is 0.295 e. The van der Waals surface area contributed by atoms with Gasteiger partial charge in [-0.05, 0) is 44.0 Å². The number of aliphatic hydroxyl groups is 1. The number of aromatic nitrogens is 1. The molecule has 1 amide bonds. The molecule has 1 fully saturated rings. The number of carbonyl (C=O) groups excluding carboxylic acids is 2. The third kappa shape index (κ3) is 4.61. The van der Waals surface area contributed by atoms with Crippen molar-refractivity contribution in [1.29, 1.82) is 0 Å². The van der Waals surface area contributed by atoms with Crippen LogP contribution in [0.2, 0.25) is 0 Å². The zero-order chi connectivity index (χ0) is 25.1. The minimum Gasteiger partial charge on any atom is -0.507 e. The molecule has 2 N–H and O–H groups in total. The number of para-hydroxylation sites is 1. The van der Waals surface area contributed by atoms with Crippen molar-refractivity contribution < 1.29 is 28.9 Å². The average molecular weight is 479 g/mol. The second-order valence-corrected chi connectivity index (χ2v) is 8.66. The van der Waals surface area contributed by atoms with E-state index < -0.39 is 17.7 Å². The Morgan fingerprint density at radius 1 is 1.11 bits per heavy atom. The van der Waals surface area contributed by atoms with Crippen molar-refractivity contribution in [2.24, 2.45) is 0 Å². The summed E-state index contributed by atoms with van der Waals surface area (Å²) < 4.78 is 16.5. The van der Waals surface area contributed by atoms with E-state index in [0.717, 1.165) is 10.9 Å². The summed E-state index contributed by atoms with van der Waals surface area (Å²) in [6, 6.07) is 12.0. The molecule has 1 unspecified atom stereocenters. The van der Waals surface area contributed by atoms with Crippen LogP contribution in [0.1, 0.15) is 37.4 Å². The van der Waals surface area contributed by atoms with Crippen LogP contribution in [-0.4, -0.2) is 60.2 Å². The molecule has 1 saturated heterocycles. The van der Waals surface area contributed by atoms with E-state index in [1.807, 2.05) is 38.1 Å². The van der Waals surface area contributed by atoms with Gasteiger partial charge in [0.25, 0.3) is 11.7 Å². The summed E-state index contributed by atoms with van der Waals surface area (Å²) in [4.78, 5) is 31.0. The Morgan fingerprint density at radius 2 is 1.89 bits per heavy atom. The first-order chi connectivity index (χ1) is 16.9. The van der Waals surface area contributed by atoms with Crippen LogP contribution in [0.3, 0.4) is 0 Å². The number of ketones is 1. The van der Waals surface area contributed by atoms with E-state index in [2.05, 4.69) is 4.98 Å². The highest BCUT2D eigenvalue weighted by Gasteiger charge is 2.46. The van der Waals surface area contributed by atoms with Crippen LogP contribution < -0.4 is 9.47 Å². The fraction of sp³-hybridized carbons (Fsp3) is 0.333. The molecule has 1 atom stereocenters. The van der Waals surface area contributed by atoms with Gasteiger partial charge in [0.1, 0.15) is 5.76 Å². The predicted octanol–water partition coefficient (Wildman–Crippen LogP) is 4.42. The topological polar surface area (TPSA) is 101 Å². The van der Waals surface area contributed by atoms with Gasteiger partial charge in [0.2, 0.25) is 0 Å². The summed E-state index contributed by atoms with van der Waals surface area (Å²) in [5.41, 5.74) is 1.96. The smallest absolute Gasteiger partial charge is 0.295 e. The van der Waals surface area contributed by atoms with E-state index in [1.54, 1.807) is 31.5 Å². The first-order valence-electron chi connectivity index (χ1n) is 11.6. The summed E-state index contributed by atoms with van der Waals surface area (Å²) in [6.07, 6.45) is 2.13. The van der Waals surface area contributed by atoms with Crippen molar-refractivity contribution in [2.75, 3.05) is 27.4 Å². The zero-order valence-corrected chi connectivity index (χ0v) is 20.3. The van der Waals surface area contributed by atoms with Crippen molar-refractivity contribution in [3.05, 3.63) is 65.4 Å². The maximum absolute atomic E-state index is 13.3. The molecule has 0 saturated carbocycles. The molecular formula is C27H30N2O6. The summed E-state index contributed by atoms with van der Waals surface area (Å²) in [5.74, 6) is -0.572. The zero-order valence-electron chi connectivity index (χ0n) is 20.3. The van der Waals surface area contributed by atoms with Crippen LogP contribution in [0.5, 0.6) is 11.5 Å². The molecule has 2 heterocycles. The number of likely N-dealkylation sites (tertiary alicyclic amines) is 1. The first kappa shape index (κ1) is 24.3. The van der Waals surface area contributed by atoms with E-state index in [1.165, 1.54) is 12.0 Å². The third-order valence-electron chi connectivity index (χ3n) is 6.00. The van der Waals surface area contributed by atoms with Gasteiger partial charge in [-0.1, -0.05) is 24.3 Å². The van der Waals surface area contributed by atoms with Gasteiger partial charge in [-0.15, -0.1) is 0 Å². The molecule has 35 heavy (non-hydrogen) atoms. The van der Waals surface area contributed by atoms with Crippen LogP contribution in [0.15, 0.2) is 54.2 Å². The number of aromatic amines is 1. The van der Waals surface area contributed by atoms with Crippen LogP contribution in [0.25, 0.3) is 16.7 Å². The number of hydrogen-bond acceptors (Lipinski definition) is 6. The molecule has 8 heteroatoms. The number of fused-ring (bicyclic) bond motifs is 1. The van der Waals surface area contributed by atoms with Crippen LogP contribution in [0.4, 0.5) is 0 Å². The number of H-pyrrole nitrogens is 1. The van der Waals surface area contributed by atoms with Gasteiger partial charge in [0, 0.05) is 42.9 Å². The number of benzene rings is 2. The molecule has 1 aromatic heterocycles. The third-order valence-corrected chi connectivity index (χ3v) is 6.00. The highest BCUT2D eigenvalue weighted by Crippen LogP contribution is 2.43. The first-order valence-corrected chi connectivity index (χ1v) is 11.6. The summed E-state index contributed by atoms with van der Waals surface area (Å²) in [7, 11) is 3.12. The molecule has 1 aliphatic rings. The normalized spacial score (nSPS) is 17.5. The Balaban J connectivity index is 1.87. The molecule has 2 aromatic carbocycles. The minimum absolute atomic E-state index is 0.0387. The molecule has 8 nitrogen and oxygen atoms in total. The fourth-order valence-electron chi connectivity index (χ4n) is 4.45. The Morgan fingerprint density at radius 3 is 2.60 bits per heavy atom. The monoisotopic (exact) mass is 478 g/mol. The second kappa shape index (κ2) is 10.2. The Bertz CT molecular complexity index is 1280. The van der Waals surface area contributed by atoms with E-state index in [9.17, 15) is 14.7 Å². The molecule has 4 rings (SSSR count). The van der Waals surface area contributed by atoms with Crippen molar-refractivity contribution in [1.82, 2.24) is 9.88 Å². The number of nitrogens with one attached hydrogen (secondary N) is 1. The Labute approximate surface area is 204 Å². The highest BCUT2D eigenvalue weighted by atomic mass is 16.5. The van der Waals surface area contributed by atoms with Crippen molar-refractivity contribution in [3.63, 3.8) is 0 Å². The van der Waals surface area contributed by atoms with Gasteiger partial charge in [-0.25, -0.2) is 0 Å². The summed E-state index contributed by atoms with van der Waals surface area (Å²) >= 11 is 0. The van der Waals surface area contributed by atoms with Crippen molar-refractivity contribution >= 4 is 28.4 Å². The number of ether oxygens (including phenoxy) is 3. The SMILES string of the molecule is COCCCN1C(=O)C(=O)/C(=C(\O)c2c[nH]c3ccccc23)C1c1ccc(OC(C)C)c(OC)c1. The number of hydrogen-bond donors (Lipinski definition) is 2. The second-order valence-electron chi connectivity index (χ2n) is 8.66. The molecule has 0 radical (unpaired) electrons. The Kier molecular flexibility index (Phi) is 7.12. The highest BCUT2D eigenvalue weighted by molar-refractivity contribution is 6.46. The molecule has 184 valence electrons. The predicted molar refractivity (Wildman–Crippen MR) is 133 cm³/mol. The summed E-state index contributed by atoms with van der Waals surface area (Å²) in [5, 5.41) is 12.2. The Hall–Kier alpha value is -3.78. The van der Waals surface area contributed by atoms with Crippen molar-refractivity contribution in [3.8, 4) is 11.5 Å². The number of rotatable bonds is 9. The van der Waals surface area contributed by atoms with Gasteiger partial charge < -0.3 is 29.2 Å². The molecule has 0 aliphatic carbocycles. The lowest BCUT2D eigenvalue weighted by atomic mass is 9.94. The molecule has 1 aliphatic heterocycles. The minimum atomic E-state index is -0.789. The quantitative estimate of drug-likeness (QED) is 0.204. The average Bonchev–Trinajstić information content (AvgIpc) is 3.38. The molecular weight excluding hydrogens is 448 g/mol. The summed E-state index contributed by atoms with van der Waals surface area (Å²) in [6.45, 7) is 4.56. The lowest BCUT2D eigenvalue weighted by molar-refractivity contribution is -0.140. The van der Waals surface area contributed by atoms with Crippen LogP contribution >= 0.6 is 0 Å². The van der Waals surface area contributed by atoms with Gasteiger partial charge in [-0.2, -0.15) is 0 Å². The fourth-order valence-corrected chi connectivity index (χ4v) is 4.45. The van der Waals surface area contributed by atoms with Crippen molar-refractivity contribution in [2.45, 2.75) is 32.4 Å². The number of carbonyl (C=O) groups is 2. The van der Waals surface area contributed by atoms with Gasteiger partial charge in [0.15, 0.2) is 11.5 Å². The lowest BCUT2D eigenvalue weighted by Gasteiger charge is -2.26. The number of Topliss-reactive ketones (excluding diaryl/α,β-unsaturated/α-hetero) is 1. The van der Waals surface area contributed by atoms with Gasteiger partial charge in [0.05, 0.1) is 24.8 Å². The maximum atomic E-state index is 13.3. The standard InChI is InChI=1S/C27H30N2O6/c1-16(2)35-21-11-10-17(14-22(21)34-4)24-23(26(31)27(32)29(24)12-7-13-33-3)25(30)19-15-28-20-9-6-5-8-18(19)20/h5-6,8-11,14-16,24,28,30H,7,12-13H2,1-4H3/b25-23-. The molecule has 3 aromatic rings. The number of aliphatic hydroxyl groups excluding tert-OH is 1. The number of methoxy groups -OCH3 is 2. The van der Waals surface area contributed by atoms with Gasteiger partial charge in [-0.3, -0.25) is 9.59 Å². The number of nitrogens with zero attached hydrogens (tertiary/aromatic N) is 1. The van der Waals surface area contributed by atoms with Gasteiger partial charge >= 0.3 is 0 Å². The van der Waals surface area contributed by atoms with Crippen LogP contribution in [-0.2, 0) is 14.3 Å². The largest absolute Gasteiger partial charge is 0.507 e.